The Morgan fingerprint density at radius 3 is 2.55 bits per heavy atom. The minimum absolute atomic E-state index is 0.130. The number of amides is 1. The number of anilines is 1. The number of piperidine rings is 1. The van der Waals surface area contributed by atoms with E-state index in [2.05, 4.69) is 5.32 Å². The molecule has 1 fully saturated rings. The quantitative estimate of drug-likeness (QED) is 0.553. The molecule has 3 rings (SSSR count). The van der Waals surface area contributed by atoms with E-state index in [0.717, 1.165) is 24.3 Å². The number of quaternary nitrogens is 1. The van der Waals surface area contributed by atoms with Gasteiger partial charge in [-0.25, -0.2) is 0 Å². The number of ketones is 1. The molecule has 29 heavy (non-hydrogen) atoms. The molecule has 1 amide bonds. The van der Waals surface area contributed by atoms with Gasteiger partial charge in [0.25, 0.3) is 5.91 Å². The third-order valence-electron chi connectivity index (χ3n) is 5.13. The van der Waals surface area contributed by atoms with Gasteiger partial charge in [-0.3, -0.25) is 14.4 Å². The highest BCUT2D eigenvalue weighted by molar-refractivity contribution is 6.13. The van der Waals surface area contributed by atoms with Gasteiger partial charge in [-0.15, -0.1) is 0 Å². The Labute approximate surface area is 170 Å². The molecule has 1 aliphatic heterocycles. The minimum Gasteiger partial charge on any atom is -0.466 e. The molecule has 6 heteroatoms. The lowest BCUT2D eigenvalue weighted by molar-refractivity contribution is -0.899. The average molecular weight is 395 g/mol. The van der Waals surface area contributed by atoms with Crippen LogP contribution >= 0.6 is 0 Å². The van der Waals surface area contributed by atoms with Gasteiger partial charge in [0.2, 0.25) is 0 Å². The third kappa shape index (κ3) is 5.51. The lowest BCUT2D eigenvalue weighted by atomic mass is 9.98. The SMILES string of the molecule is CCOC(=O)[C@@H]1CCC[NH+](CC(=O)Nc2ccccc2C(=O)c2ccccc2)C1. The molecular formula is C23H27N2O4+. The van der Waals surface area contributed by atoms with Crippen LogP contribution in [0.4, 0.5) is 5.69 Å². The van der Waals surface area contributed by atoms with Gasteiger partial charge in [0, 0.05) is 11.1 Å². The van der Waals surface area contributed by atoms with Crippen molar-refractivity contribution in [3.63, 3.8) is 0 Å². The Morgan fingerprint density at radius 1 is 1.07 bits per heavy atom. The highest BCUT2D eigenvalue weighted by Gasteiger charge is 2.31. The molecule has 1 aliphatic rings. The maximum absolute atomic E-state index is 12.8. The molecule has 1 unspecified atom stereocenters. The van der Waals surface area contributed by atoms with Crippen molar-refractivity contribution >= 4 is 23.3 Å². The number of ether oxygens (including phenoxy) is 1. The van der Waals surface area contributed by atoms with Crippen LogP contribution in [0.15, 0.2) is 54.6 Å². The van der Waals surface area contributed by atoms with Crippen molar-refractivity contribution in [1.82, 2.24) is 0 Å². The summed E-state index contributed by atoms with van der Waals surface area (Å²) in [7, 11) is 0. The van der Waals surface area contributed by atoms with Crippen molar-refractivity contribution < 1.29 is 24.0 Å². The summed E-state index contributed by atoms with van der Waals surface area (Å²) in [6.45, 7) is 3.86. The van der Waals surface area contributed by atoms with Crippen LogP contribution in [0.25, 0.3) is 0 Å². The van der Waals surface area contributed by atoms with E-state index < -0.39 is 0 Å². The van der Waals surface area contributed by atoms with Gasteiger partial charge < -0.3 is 15.0 Å². The smallest absolute Gasteiger partial charge is 0.314 e. The largest absolute Gasteiger partial charge is 0.466 e. The van der Waals surface area contributed by atoms with E-state index >= 15 is 0 Å². The Balaban J connectivity index is 1.64. The van der Waals surface area contributed by atoms with Crippen LogP contribution in [0.3, 0.4) is 0 Å². The monoisotopic (exact) mass is 395 g/mol. The molecule has 2 aromatic rings. The van der Waals surface area contributed by atoms with E-state index in [0.29, 0.717) is 30.0 Å². The number of rotatable bonds is 7. The van der Waals surface area contributed by atoms with Crippen LogP contribution < -0.4 is 10.2 Å². The second-order valence-corrected chi connectivity index (χ2v) is 7.26. The first kappa shape index (κ1) is 20.7. The summed E-state index contributed by atoms with van der Waals surface area (Å²) in [5.74, 6) is -0.630. The number of carbonyl (C=O) groups is 3. The summed E-state index contributed by atoms with van der Waals surface area (Å²) < 4.78 is 5.12. The third-order valence-corrected chi connectivity index (χ3v) is 5.13. The van der Waals surface area contributed by atoms with Crippen molar-refractivity contribution in [2.45, 2.75) is 19.8 Å². The highest BCUT2D eigenvalue weighted by atomic mass is 16.5. The molecule has 2 N–H and O–H groups in total. The van der Waals surface area contributed by atoms with Gasteiger partial charge in [0.05, 0.1) is 25.4 Å². The summed E-state index contributed by atoms with van der Waals surface area (Å²) in [4.78, 5) is 38.5. The van der Waals surface area contributed by atoms with Crippen molar-refractivity contribution in [2.24, 2.45) is 5.92 Å². The number of para-hydroxylation sites is 1. The van der Waals surface area contributed by atoms with Gasteiger partial charge in [0.15, 0.2) is 12.3 Å². The number of benzene rings is 2. The fourth-order valence-electron chi connectivity index (χ4n) is 3.73. The van der Waals surface area contributed by atoms with Crippen LogP contribution in [0, 0.1) is 5.92 Å². The number of esters is 1. The van der Waals surface area contributed by atoms with Gasteiger partial charge in [-0.1, -0.05) is 42.5 Å². The topological polar surface area (TPSA) is 76.9 Å². The molecular weight excluding hydrogens is 368 g/mol. The van der Waals surface area contributed by atoms with E-state index in [-0.39, 0.29) is 30.1 Å². The molecule has 1 saturated heterocycles. The molecule has 0 radical (unpaired) electrons. The Hall–Kier alpha value is -2.99. The average Bonchev–Trinajstić information content (AvgIpc) is 2.74. The van der Waals surface area contributed by atoms with Crippen molar-refractivity contribution in [3.8, 4) is 0 Å². The van der Waals surface area contributed by atoms with Crippen LogP contribution in [-0.4, -0.2) is 43.9 Å². The second-order valence-electron chi connectivity index (χ2n) is 7.26. The maximum atomic E-state index is 12.8. The molecule has 0 spiro atoms. The molecule has 0 aromatic heterocycles. The first-order chi connectivity index (χ1) is 14.1. The second kappa shape index (κ2) is 9.98. The van der Waals surface area contributed by atoms with E-state index in [4.69, 9.17) is 4.74 Å². The van der Waals surface area contributed by atoms with Crippen molar-refractivity contribution in [2.75, 3.05) is 31.6 Å². The first-order valence-corrected chi connectivity index (χ1v) is 10.1. The van der Waals surface area contributed by atoms with E-state index in [1.165, 1.54) is 0 Å². The van der Waals surface area contributed by atoms with Gasteiger partial charge in [-0.2, -0.15) is 0 Å². The van der Waals surface area contributed by atoms with Crippen LogP contribution in [-0.2, 0) is 14.3 Å². The Kier molecular flexibility index (Phi) is 7.14. The predicted octanol–water partition coefficient (Wildman–Crippen LogP) is 1.71. The first-order valence-electron chi connectivity index (χ1n) is 10.1. The van der Waals surface area contributed by atoms with Crippen molar-refractivity contribution in [1.29, 1.82) is 0 Å². The number of hydrogen-bond acceptors (Lipinski definition) is 4. The zero-order chi connectivity index (χ0) is 20.6. The summed E-state index contributed by atoms with van der Waals surface area (Å²) in [6, 6.07) is 16.0. The molecule has 2 atom stereocenters. The van der Waals surface area contributed by atoms with Crippen LogP contribution in [0.5, 0.6) is 0 Å². The predicted molar refractivity (Wildman–Crippen MR) is 110 cm³/mol. The summed E-state index contributed by atoms with van der Waals surface area (Å²) in [6.07, 6.45) is 1.69. The molecule has 0 aliphatic carbocycles. The number of likely N-dealkylation sites (tertiary alicyclic amines) is 1. The molecule has 0 saturated carbocycles. The number of hydrogen-bond donors (Lipinski definition) is 2. The molecule has 0 bridgehead atoms. The standard InChI is InChI=1S/C23H26N2O4/c1-2-29-23(28)18-11-8-14-25(15-18)16-21(26)24-20-13-7-6-12-19(20)22(27)17-9-4-3-5-10-17/h3-7,9-10,12-13,18H,2,8,11,14-16H2,1H3,(H,24,26)/p+1/t18-/m1/s1. The fraction of sp³-hybridized carbons (Fsp3) is 0.348. The van der Waals surface area contributed by atoms with E-state index in [9.17, 15) is 14.4 Å². The Bertz CT molecular complexity index is 866. The Morgan fingerprint density at radius 2 is 1.79 bits per heavy atom. The molecule has 2 aromatic carbocycles. The molecule has 1 heterocycles. The summed E-state index contributed by atoms with van der Waals surface area (Å²) in [5.41, 5.74) is 1.54. The minimum atomic E-state index is -0.177. The van der Waals surface area contributed by atoms with Crippen LogP contribution in [0.1, 0.15) is 35.7 Å². The van der Waals surface area contributed by atoms with Gasteiger partial charge in [-0.05, 0) is 31.9 Å². The molecule has 6 nitrogen and oxygen atoms in total. The lowest BCUT2D eigenvalue weighted by Crippen LogP contribution is -3.14. The van der Waals surface area contributed by atoms with Crippen molar-refractivity contribution in [3.05, 3.63) is 65.7 Å². The van der Waals surface area contributed by atoms with Gasteiger partial charge in [0.1, 0.15) is 5.92 Å². The highest BCUT2D eigenvalue weighted by Crippen LogP contribution is 2.19. The molecule has 152 valence electrons. The zero-order valence-electron chi connectivity index (χ0n) is 16.6. The number of carbonyl (C=O) groups excluding carboxylic acids is 3. The van der Waals surface area contributed by atoms with E-state index in [1.54, 1.807) is 43.3 Å². The zero-order valence-corrected chi connectivity index (χ0v) is 16.6. The normalized spacial score (nSPS) is 18.7. The van der Waals surface area contributed by atoms with Gasteiger partial charge >= 0.3 is 5.97 Å². The van der Waals surface area contributed by atoms with Crippen LogP contribution in [0.2, 0.25) is 0 Å². The lowest BCUT2D eigenvalue weighted by Gasteiger charge is -2.28. The summed E-state index contributed by atoms with van der Waals surface area (Å²) in [5, 5.41) is 2.88. The maximum Gasteiger partial charge on any atom is 0.314 e. The number of nitrogens with one attached hydrogen (secondary N) is 2. The fourth-order valence-corrected chi connectivity index (χ4v) is 3.73. The summed E-state index contributed by atoms with van der Waals surface area (Å²) >= 11 is 0. The van der Waals surface area contributed by atoms with E-state index in [1.807, 2.05) is 18.2 Å².